The van der Waals surface area contributed by atoms with Gasteiger partial charge >= 0.3 is 6.09 Å². The lowest BCUT2D eigenvalue weighted by atomic mass is 9.88. The van der Waals surface area contributed by atoms with E-state index in [0.29, 0.717) is 31.1 Å². The minimum atomic E-state index is -0.562. The van der Waals surface area contributed by atoms with E-state index in [1.165, 1.54) is 4.68 Å². The summed E-state index contributed by atoms with van der Waals surface area (Å²) in [7, 11) is 1.72. The van der Waals surface area contributed by atoms with Gasteiger partial charge in [-0.15, -0.1) is 0 Å². The predicted octanol–water partition coefficient (Wildman–Crippen LogP) is 1.96. The minimum absolute atomic E-state index is 0.220. The molecule has 2 aliphatic heterocycles. The number of carbonyl (C=O) groups is 2. The molecule has 0 N–H and O–H groups in total. The highest BCUT2D eigenvalue weighted by molar-refractivity contribution is 6.33. The van der Waals surface area contributed by atoms with Crippen LogP contribution in [-0.2, 0) is 18.2 Å². The van der Waals surface area contributed by atoms with Gasteiger partial charge in [0.15, 0.2) is 5.69 Å². The Morgan fingerprint density at radius 3 is 2.77 bits per heavy atom. The molecule has 1 atom stereocenters. The first kappa shape index (κ1) is 16.9. The quantitative estimate of drug-likeness (QED) is 0.823. The third kappa shape index (κ3) is 2.82. The van der Waals surface area contributed by atoms with Gasteiger partial charge in [0.25, 0.3) is 5.91 Å². The second-order valence-corrected chi connectivity index (χ2v) is 7.23. The average Bonchev–Trinajstić information content (AvgIpc) is 3.14. The van der Waals surface area contributed by atoms with E-state index in [1.54, 1.807) is 23.0 Å². The largest absolute Gasteiger partial charge is 0.447 e. The number of amides is 2. The molecule has 26 heavy (non-hydrogen) atoms. The highest BCUT2D eigenvalue weighted by atomic mass is 35.5. The fourth-order valence-corrected chi connectivity index (χ4v) is 4.03. The number of nitrogens with zero attached hydrogens (tertiary/aromatic N) is 4. The number of carbonyl (C=O) groups excluding carboxylic acids is 2. The summed E-state index contributed by atoms with van der Waals surface area (Å²) in [6, 6.07) is 9.92. The monoisotopic (exact) mass is 374 g/mol. The van der Waals surface area contributed by atoms with Gasteiger partial charge in [0.05, 0.1) is 5.02 Å². The van der Waals surface area contributed by atoms with Crippen molar-refractivity contribution in [2.45, 2.75) is 12.0 Å². The number of aryl methyl sites for hydroxylation is 1. The van der Waals surface area contributed by atoms with Gasteiger partial charge in [-0.2, -0.15) is 5.10 Å². The second-order valence-electron chi connectivity index (χ2n) is 6.82. The predicted molar refractivity (Wildman–Crippen MR) is 95.1 cm³/mol. The molecule has 1 aromatic heterocycles. The summed E-state index contributed by atoms with van der Waals surface area (Å²) < 4.78 is 6.86. The lowest BCUT2D eigenvalue weighted by Crippen LogP contribution is -2.63. The molecule has 136 valence electrons. The van der Waals surface area contributed by atoms with E-state index in [4.69, 9.17) is 16.3 Å². The Balaban J connectivity index is 1.62. The van der Waals surface area contributed by atoms with Crippen molar-refractivity contribution in [2.75, 3.05) is 26.2 Å². The van der Waals surface area contributed by atoms with Crippen LogP contribution >= 0.6 is 11.6 Å². The van der Waals surface area contributed by atoms with Gasteiger partial charge in [-0.3, -0.25) is 14.4 Å². The van der Waals surface area contributed by atoms with Crippen LogP contribution in [-0.4, -0.2) is 63.4 Å². The topological polar surface area (TPSA) is 67.7 Å². The maximum atomic E-state index is 12.9. The van der Waals surface area contributed by atoms with Crippen LogP contribution in [0.5, 0.6) is 0 Å². The molecule has 0 aliphatic carbocycles. The van der Waals surface area contributed by atoms with Crippen molar-refractivity contribution < 1.29 is 14.3 Å². The fraction of sp³-hybridized carbons (Fsp3) is 0.389. The smallest absolute Gasteiger partial charge is 0.410 e. The average molecular weight is 375 g/mol. The van der Waals surface area contributed by atoms with Crippen LogP contribution in [0.4, 0.5) is 4.79 Å². The molecule has 8 heteroatoms. The highest BCUT2D eigenvalue weighted by Gasteiger charge is 2.51. The number of piperazine rings is 1. The van der Waals surface area contributed by atoms with Crippen molar-refractivity contribution in [1.82, 2.24) is 19.6 Å². The first-order valence-electron chi connectivity index (χ1n) is 8.45. The Bertz CT molecular complexity index is 853. The molecule has 0 radical (unpaired) electrons. The zero-order valence-corrected chi connectivity index (χ0v) is 15.1. The molecule has 3 heterocycles. The van der Waals surface area contributed by atoms with Crippen LogP contribution in [0, 0.1) is 0 Å². The molecular formula is C18H19ClN4O3. The molecule has 4 rings (SSSR count). The van der Waals surface area contributed by atoms with Gasteiger partial charge in [-0.1, -0.05) is 41.9 Å². The summed E-state index contributed by atoms with van der Waals surface area (Å²) in [5, 5.41) is 4.50. The number of ether oxygens (including phenoxy) is 1. The van der Waals surface area contributed by atoms with Crippen molar-refractivity contribution in [1.29, 1.82) is 0 Å². The molecule has 2 aliphatic rings. The van der Waals surface area contributed by atoms with Crippen LogP contribution < -0.4 is 0 Å². The van der Waals surface area contributed by atoms with E-state index in [2.05, 4.69) is 5.10 Å². The Labute approximate surface area is 156 Å². The molecule has 1 aromatic carbocycles. The molecule has 2 fully saturated rings. The van der Waals surface area contributed by atoms with E-state index in [0.717, 1.165) is 5.56 Å². The van der Waals surface area contributed by atoms with Gasteiger partial charge in [0, 0.05) is 39.3 Å². The number of hydrogen-bond acceptors (Lipinski definition) is 4. The minimum Gasteiger partial charge on any atom is -0.447 e. The van der Waals surface area contributed by atoms with Crippen LogP contribution in [0.15, 0.2) is 36.5 Å². The number of fused-ring (bicyclic) bond motifs is 1. The zero-order chi connectivity index (χ0) is 18.3. The van der Waals surface area contributed by atoms with Gasteiger partial charge in [0.1, 0.15) is 12.1 Å². The van der Waals surface area contributed by atoms with E-state index in [1.807, 2.05) is 30.3 Å². The van der Waals surface area contributed by atoms with E-state index in [9.17, 15) is 9.59 Å². The number of halogens is 1. The number of hydrogen-bond donors (Lipinski definition) is 0. The highest BCUT2D eigenvalue weighted by Crippen LogP contribution is 2.33. The van der Waals surface area contributed by atoms with Crippen LogP contribution in [0.25, 0.3) is 0 Å². The third-order valence-corrected chi connectivity index (χ3v) is 5.26. The number of benzene rings is 1. The van der Waals surface area contributed by atoms with Gasteiger partial charge in [-0.25, -0.2) is 4.79 Å². The molecule has 2 saturated heterocycles. The summed E-state index contributed by atoms with van der Waals surface area (Å²) in [5.41, 5.74) is 0.775. The van der Waals surface area contributed by atoms with E-state index >= 15 is 0 Å². The standard InChI is InChI=1S/C18H19ClN4O3/c1-21-10-14(19)15(20-21)16(24)22-7-8-23-17(25)26-12-18(23,11-22)9-13-5-3-2-4-6-13/h2-6,10H,7-9,11-12H2,1H3. The second kappa shape index (κ2) is 6.32. The normalized spacial score (nSPS) is 22.3. The first-order valence-corrected chi connectivity index (χ1v) is 8.83. The van der Waals surface area contributed by atoms with Crippen molar-refractivity contribution >= 4 is 23.6 Å². The molecule has 2 amide bonds. The molecule has 7 nitrogen and oxygen atoms in total. The SMILES string of the molecule is Cn1cc(Cl)c(C(=O)N2CCN3C(=O)OCC3(Cc3ccccc3)C2)n1. The molecule has 1 unspecified atom stereocenters. The molecule has 2 aromatic rings. The van der Waals surface area contributed by atoms with Gasteiger partial charge < -0.3 is 9.64 Å². The summed E-state index contributed by atoms with van der Waals surface area (Å²) in [5.74, 6) is -0.220. The Kier molecular flexibility index (Phi) is 4.11. The van der Waals surface area contributed by atoms with Crippen LogP contribution in [0.2, 0.25) is 5.02 Å². The first-order chi connectivity index (χ1) is 12.5. The number of rotatable bonds is 3. The van der Waals surface area contributed by atoms with Crippen molar-refractivity contribution in [3.05, 3.63) is 52.8 Å². The summed E-state index contributed by atoms with van der Waals surface area (Å²) in [6.07, 6.45) is 1.91. The fourth-order valence-electron chi connectivity index (χ4n) is 3.77. The summed E-state index contributed by atoms with van der Waals surface area (Å²) in [6.45, 7) is 1.51. The van der Waals surface area contributed by atoms with E-state index < -0.39 is 5.54 Å². The van der Waals surface area contributed by atoms with Crippen molar-refractivity contribution in [2.24, 2.45) is 7.05 Å². The van der Waals surface area contributed by atoms with Crippen LogP contribution in [0.3, 0.4) is 0 Å². The third-order valence-electron chi connectivity index (χ3n) is 4.99. The lowest BCUT2D eigenvalue weighted by Gasteiger charge is -2.44. The molecule has 0 spiro atoms. The summed E-state index contributed by atoms with van der Waals surface area (Å²) >= 11 is 6.14. The molecule has 0 saturated carbocycles. The molecular weight excluding hydrogens is 356 g/mol. The molecule has 0 bridgehead atoms. The van der Waals surface area contributed by atoms with Crippen molar-refractivity contribution in [3.8, 4) is 0 Å². The zero-order valence-electron chi connectivity index (χ0n) is 14.4. The van der Waals surface area contributed by atoms with E-state index in [-0.39, 0.29) is 24.3 Å². The Hall–Kier alpha value is -2.54. The Morgan fingerprint density at radius 2 is 2.08 bits per heavy atom. The number of cyclic esters (lactones) is 1. The summed E-state index contributed by atoms with van der Waals surface area (Å²) in [4.78, 5) is 28.6. The van der Waals surface area contributed by atoms with Gasteiger partial charge in [-0.05, 0) is 5.56 Å². The Morgan fingerprint density at radius 1 is 1.31 bits per heavy atom. The van der Waals surface area contributed by atoms with Crippen LogP contribution in [0.1, 0.15) is 16.1 Å². The maximum absolute atomic E-state index is 12.9. The lowest BCUT2D eigenvalue weighted by molar-refractivity contribution is 0.0370. The van der Waals surface area contributed by atoms with Gasteiger partial charge in [0.2, 0.25) is 0 Å². The maximum Gasteiger partial charge on any atom is 0.410 e. The van der Waals surface area contributed by atoms with Crippen molar-refractivity contribution in [3.63, 3.8) is 0 Å². The number of aromatic nitrogens is 2.